The minimum atomic E-state index is 0.545. The van der Waals surface area contributed by atoms with Crippen LogP contribution in [-0.2, 0) is 6.42 Å². The van der Waals surface area contributed by atoms with Crippen LogP contribution in [0.1, 0.15) is 41.9 Å². The van der Waals surface area contributed by atoms with Crippen LogP contribution in [0.15, 0.2) is 21.0 Å². The minimum Gasteiger partial charge on any atom is -0.461 e. The van der Waals surface area contributed by atoms with Gasteiger partial charge in [0.15, 0.2) is 0 Å². The van der Waals surface area contributed by atoms with E-state index in [0.717, 1.165) is 35.7 Å². The van der Waals surface area contributed by atoms with Crippen molar-refractivity contribution in [1.82, 2.24) is 5.32 Å². The lowest BCUT2D eigenvalue weighted by Gasteiger charge is -2.23. The Morgan fingerprint density at radius 3 is 2.45 bits per heavy atom. The van der Waals surface area contributed by atoms with Crippen LogP contribution >= 0.6 is 0 Å². The Balaban J connectivity index is 1.93. The molecule has 2 aromatic heterocycles. The number of hydrogen-bond acceptors (Lipinski definition) is 3. The normalized spacial score (nSPS) is 19.3. The van der Waals surface area contributed by atoms with Crippen molar-refractivity contribution in [2.24, 2.45) is 0 Å². The van der Waals surface area contributed by atoms with Crippen LogP contribution in [0.2, 0.25) is 0 Å². The molecule has 0 spiro atoms. The van der Waals surface area contributed by atoms with Gasteiger partial charge >= 0.3 is 0 Å². The molecule has 116 valence electrons. The van der Waals surface area contributed by atoms with Gasteiger partial charge in [0.25, 0.3) is 0 Å². The third-order valence-corrected chi connectivity index (χ3v) is 4.92. The third kappa shape index (κ3) is 2.15. The molecular weight excluding hydrogens is 274 g/mol. The molecule has 1 atom stereocenters. The maximum Gasteiger partial charge on any atom is 0.138 e. The number of fused-ring (bicyclic) bond motifs is 2. The molecule has 1 aliphatic rings. The Labute approximate surface area is 130 Å². The van der Waals surface area contributed by atoms with Crippen molar-refractivity contribution in [2.45, 2.75) is 52.5 Å². The summed E-state index contributed by atoms with van der Waals surface area (Å²) in [5.74, 6) is 1.95. The van der Waals surface area contributed by atoms with Gasteiger partial charge in [-0.2, -0.15) is 0 Å². The molecule has 0 amide bonds. The zero-order chi connectivity index (χ0) is 15.3. The molecule has 3 nitrogen and oxygen atoms in total. The molecule has 3 heteroatoms. The Morgan fingerprint density at radius 2 is 1.73 bits per heavy atom. The first kappa shape index (κ1) is 13.9. The van der Waals surface area contributed by atoms with Crippen molar-refractivity contribution in [3.05, 3.63) is 34.8 Å². The van der Waals surface area contributed by atoms with Gasteiger partial charge < -0.3 is 14.2 Å². The standard InChI is InChI=1S/C19H23NO2/c1-11-8-15-13(3)18-16(9-12(2)21-18)17(19(15)22-11)10-14-6-4-5-7-20-14/h8-9,14,20H,4-7,10H2,1-3H3. The lowest BCUT2D eigenvalue weighted by molar-refractivity contribution is 0.399. The first-order chi connectivity index (χ1) is 10.6. The summed E-state index contributed by atoms with van der Waals surface area (Å²) in [6, 6.07) is 4.85. The number of aryl methyl sites for hydroxylation is 3. The van der Waals surface area contributed by atoms with Crippen LogP contribution in [0.25, 0.3) is 21.9 Å². The Kier molecular flexibility index (Phi) is 3.26. The summed E-state index contributed by atoms with van der Waals surface area (Å²) < 4.78 is 12.1. The number of hydrogen-bond donors (Lipinski definition) is 1. The maximum absolute atomic E-state index is 6.07. The zero-order valence-corrected chi connectivity index (χ0v) is 13.6. The van der Waals surface area contributed by atoms with E-state index in [2.05, 4.69) is 24.4 Å². The average Bonchev–Trinajstić information content (AvgIpc) is 3.08. The molecule has 1 aliphatic heterocycles. The van der Waals surface area contributed by atoms with Crippen molar-refractivity contribution in [2.75, 3.05) is 6.54 Å². The second-order valence-electron chi connectivity index (χ2n) is 6.65. The van der Waals surface area contributed by atoms with Gasteiger partial charge in [0.2, 0.25) is 0 Å². The summed E-state index contributed by atoms with van der Waals surface area (Å²) in [4.78, 5) is 0. The van der Waals surface area contributed by atoms with E-state index < -0.39 is 0 Å². The lowest BCUT2D eigenvalue weighted by Crippen LogP contribution is -2.35. The topological polar surface area (TPSA) is 38.3 Å². The average molecular weight is 297 g/mol. The second kappa shape index (κ2) is 5.17. The molecule has 22 heavy (non-hydrogen) atoms. The predicted molar refractivity (Wildman–Crippen MR) is 89.5 cm³/mol. The van der Waals surface area contributed by atoms with Crippen LogP contribution < -0.4 is 5.32 Å². The van der Waals surface area contributed by atoms with Gasteiger partial charge in [0.05, 0.1) is 0 Å². The highest BCUT2D eigenvalue weighted by molar-refractivity contribution is 6.01. The maximum atomic E-state index is 6.07. The molecule has 0 radical (unpaired) electrons. The highest BCUT2D eigenvalue weighted by atomic mass is 16.3. The van der Waals surface area contributed by atoms with Gasteiger partial charge in [-0.1, -0.05) is 6.42 Å². The van der Waals surface area contributed by atoms with Crippen molar-refractivity contribution < 1.29 is 8.83 Å². The summed E-state index contributed by atoms with van der Waals surface area (Å²) in [5, 5.41) is 6.08. The van der Waals surface area contributed by atoms with Gasteiger partial charge in [-0.15, -0.1) is 0 Å². The van der Waals surface area contributed by atoms with E-state index in [0.29, 0.717) is 6.04 Å². The molecule has 1 N–H and O–H groups in total. The molecule has 0 aliphatic carbocycles. The number of piperidine rings is 1. The zero-order valence-electron chi connectivity index (χ0n) is 13.6. The van der Waals surface area contributed by atoms with Crippen molar-refractivity contribution in [1.29, 1.82) is 0 Å². The highest BCUT2D eigenvalue weighted by Crippen LogP contribution is 2.37. The first-order valence-electron chi connectivity index (χ1n) is 8.28. The number of furan rings is 2. The van der Waals surface area contributed by atoms with E-state index in [1.54, 1.807) is 0 Å². The van der Waals surface area contributed by atoms with E-state index in [-0.39, 0.29) is 0 Å². The molecule has 3 heterocycles. The van der Waals surface area contributed by atoms with E-state index in [9.17, 15) is 0 Å². The van der Waals surface area contributed by atoms with E-state index in [1.807, 2.05) is 13.8 Å². The molecule has 1 saturated heterocycles. The van der Waals surface area contributed by atoms with Crippen LogP contribution in [-0.4, -0.2) is 12.6 Å². The van der Waals surface area contributed by atoms with Gasteiger partial charge in [0, 0.05) is 27.9 Å². The number of nitrogens with one attached hydrogen (secondary N) is 1. The van der Waals surface area contributed by atoms with Crippen LogP contribution in [0, 0.1) is 20.8 Å². The smallest absolute Gasteiger partial charge is 0.138 e. The number of benzene rings is 1. The van der Waals surface area contributed by atoms with Crippen LogP contribution in [0.3, 0.4) is 0 Å². The van der Waals surface area contributed by atoms with E-state index >= 15 is 0 Å². The fourth-order valence-corrected chi connectivity index (χ4v) is 3.83. The number of rotatable bonds is 2. The van der Waals surface area contributed by atoms with Gasteiger partial charge in [-0.05, 0) is 58.7 Å². The first-order valence-corrected chi connectivity index (χ1v) is 8.28. The van der Waals surface area contributed by atoms with Gasteiger partial charge in [-0.3, -0.25) is 0 Å². The summed E-state index contributed by atoms with van der Waals surface area (Å²) in [6.45, 7) is 7.31. The second-order valence-corrected chi connectivity index (χ2v) is 6.65. The molecule has 0 saturated carbocycles. The van der Waals surface area contributed by atoms with Crippen molar-refractivity contribution in [3.63, 3.8) is 0 Å². The molecule has 1 unspecified atom stereocenters. The lowest BCUT2D eigenvalue weighted by atomic mass is 9.93. The van der Waals surface area contributed by atoms with E-state index in [4.69, 9.17) is 8.83 Å². The van der Waals surface area contributed by atoms with Crippen molar-refractivity contribution in [3.8, 4) is 0 Å². The Morgan fingerprint density at radius 1 is 1.00 bits per heavy atom. The van der Waals surface area contributed by atoms with Crippen LogP contribution in [0.4, 0.5) is 0 Å². The summed E-state index contributed by atoms with van der Waals surface area (Å²) in [6.07, 6.45) is 4.86. The van der Waals surface area contributed by atoms with Crippen molar-refractivity contribution >= 4 is 21.9 Å². The van der Waals surface area contributed by atoms with Gasteiger partial charge in [0.1, 0.15) is 22.7 Å². The molecule has 1 aromatic carbocycles. The molecule has 0 bridgehead atoms. The predicted octanol–water partition coefficient (Wildman–Crippen LogP) is 4.79. The largest absolute Gasteiger partial charge is 0.461 e. The van der Waals surface area contributed by atoms with Gasteiger partial charge in [-0.25, -0.2) is 0 Å². The highest BCUT2D eigenvalue weighted by Gasteiger charge is 2.22. The fourth-order valence-electron chi connectivity index (χ4n) is 3.83. The van der Waals surface area contributed by atoms with Crippen LogP contribution in [0.5, 0.6) is 0 Å². The summed E-state index contributed by atoms with van der Waals surface area (Å²) >= 11 is 0. The molecule has 4 rings (SSSR count). The summed E-state index contributed by atoms with van der Waals surface area (Å²) in [7, 11) is 0. The minimum absolute atomic E-state index is 0.545. The molecular formula is C19H23NO2. The quantitative estimate of drug-likeness (QED) is 0.739. The monoisotopic (exact) mass is 297 g/mol. The third-order valence-electron chi connectivity index (χ3n) is 4.92. The Hall–Kier alpha value is -1.74. The SMILES string of the molecule is Cc1cc2c(CC3CCCCN3)c3oc(C)cc3c(C)c2o1. The molecule has 3 aromatic rings. The molecule has 1 fully saturated rings. The van der Waals surface area contributed by atoms with E-state index in [1.165, 1.54) is 41.2 Å². The Bertz CT molecular complexity index is 776. The fraction of sp³-hybridized carbons (Fsp3) is 0.474. The summed E-state index contributed by atoms with van der Waals surface area (Å²) in [5.41, 5.74) is 4.57.